The average molecular weight is 407 g/mol. The minimum absolute atomic E-state index is 0.178. The molecule has 1 aromatic heterocycles. The number of pyridine rings is 1. The monoisotopic (exact) mass is 407 g/mol. The lowest BCUT2D eigenvalue weighted by molar-refractivity contribution is 0.416. The van der Waals surface area contributed by atoms with Crippen LogP contribution in [0.1, 0.15) is 12.0 Å². The van der Waals surface area contributed by atoms with E-state index < -0.39 is 22.5 Å². The number of aryl methyl sites for hydroxylation is 1. The first-order chi connectivity index (χ1) is 13.4. The second-order valence-corrected chi connectivity index (χ2v) is 7.00. The molecule has 0 saturated carbocycles. The van der Waals surface area contributed by atoms with Crippen LogP contribution in [0.25, 0.3) is 21.9 Å². The molecule has 0 atom stereocenters. The summed E-state index contributed by atoms with van der Waals surface area (Å²) >= 11 is 0. The number of aromatic nitrogens is 1. The molecule has 3 rings (SSSR count). The lowest BCUT2D eigenvalue weighted by Gasteiger charge is -2.14. The summed E-state index contributed by atoms with van der Waals surface area (Å²) in [4.78, 5) is 4.02. The van der Waals surface area contributed by atoms with Crippen LogP contribution in [0, 0.1) is 11.6 Å². The summed E-state index contributed by atoms with van der Waals surface area (Å²) in [5.74, 6) is -0.788. The lowest BCUT2D eigenvalue weighted by Crippen LogP contribution is -2.13. The van der Waals surface area contributed by atoms with Crippen LogP contribution in [0.5, 0.6) is 5.75 Å². The van der Waals surface area contributed by atoms with Crippen LogP contribution >= 0.6 is 0 Å². The van der Waals surface area contributed by atoms with E-state index >= 15 is 4.39 Å². The highest BCUT2D eigenvalue weighted by Gasteiger charge is 2.19. The Kier molecular flexibility index (Phi) is 6.05. The fraction of sp³-hybridized carbons (Fsp3) is 0.211. The maximum Gasteiger partial charge on any atom is 0.201 e. The second-order valence-electron chi connectivity index (χ2n) is 6.17. The summed E-state index contributed by atoms with van der Waals surface area (Å²) < 4.78 is 58.4. The molecule has 0 unspecified atom stereocenters. The molecule has 0 aliphatic heterocycles. The molecule has 6 nitrogen and oxygen atoms in total. The molecule has 1 heterocycles. The topological polar surface area (TPSA) is 94.3 Å². The van der Waals surface area contributed by atoms with E-state index in [1.54, 1.807) is 18.2 Å². The number of fused-ring (bicyclic) bond motifs is 1. The lowest BCUT2D eigenvalue weighted by atomic mass is 9.96. The fourth-order valence-corrected chi connectivity index (χ4v) is 3.38. The van der Waals surface area contributed by atoms with E-state index in [1.807, 2.05) is 0 Å². The second kappa shape index (κ2) is 8.49. The van der Waals surface area contributed by atoms with Gasteiger partial charge >= 0.3 is 0 Å². The van der Waals surface area contributed by atoms with Crippen molar-refractivity contribution in [3.8, 4) is 16.9 Å². The van der Waals surface area contributed by atoms with E-state index in [0.717, 1.165) is 5.39 Å². The van der Waals surface area contributed by atoms with Gasteiger partial charge in [-0.2, -0.15) is 0 Å². The zero-order chi connectivity index (χ0) is 20.3. The van der Waals surface area contributed by atoms with Gasteiger partial charge in [0.15, 0.2) is 0 Å². The van der Waals surface area contributed by atoms with Gasteiger partial charge in [0.2, 0.25) is 10.9 Å². The first-order valence-corrected chi connectivity index (χ1v) is 9.67. The first-order valence-electron chi connectivity index (χ1n) is 8.49. The molecule has 3 N–H and O–H groups in total. The van der Waals surface area contributed by atoms with Crippen molar-refractivity contribution in [3.05, 3.63) is 53.7 Å². The maximum atomic E-state index is 15.1. The number of ether oxygens (including phenoxy) is 1. The van der Waals surface area contributed by atoms with Gasteiger partial charge in [-0.05, 0) is 48.1 Å². The number of hydrogen-bond acceptors (Lipinski definition) is 5. The summed E-state index contributed by atoms with van der Waals surface area (Å²) in [5.41, 5.74) is 6.05. The summed E-state index contributed by atoms with van der Waals surface area (Å²) in [5, 5.41) is 1.40. The van der Waals surface area contributed by atoms with Crippen molar-refractivity contribution in [2.75, 3.05) is 19.4 Å². The molecule has 0 spiro atoms. The molecule has 9 heteroatoms. The molecule has 2 aromatic carbocycles. The maximum absolute atomic E-state index is 15.1. The van der Waals surface area contributed by atoms with E-state index in [1.165, 1.54) is 25.4 Å². The number of halogens is 2. The Balaban J connectivity index is 2.04. The predicted octanol–water partition coefficient (Wildman–Crippen LogP) is 2.82. The van der Waals surface area contributed by atoms with Gasteiger partial charge < -0.3 is 10.5 Å². The van der Waals surface area contributed by atoms with Gasteiger partial charge in [0.25, 0.3) is 0 Å². The Hall–Kier alpha value is -2.78. The van der Waals surface area contributed by atoms with Gasteiger partial charge in [-0.25, -0.2) is 26.9 Å². The zero-order valence-corrected chi connectivity index (χ0v) is 15.9. The number of nitrogens with zero attached hydrogens (tertiary/aromatic N) is 1. The average Bonchev–Trinajstić information content (AvgIpc) is 2.66. The van der Waals surface area contributed by atoms with E-state index in [0.29, 0.717) is 23.4 Å². The SMILES string of the molecule is COc1cc2cc(N)ncc2cc1-c1c(F)ccc(CCCN[SH](=O)=O)c1F. The quantitative estimate of drug-likeness (QED) is 0.414. The van der Waals surface area contributed by atoms with Crippen molar-refractivity contribution in [1.29, 1.82) is 0 Å². The van der Waals surface area contributed by atoms with Crippen LogP contribution in [-0.2, 0) is 17.3 Å². The molecule has 0 radical (unpaired) electrons. The molecular weight excluding hydrogens is 388 g/mol. The van der Waals surface area contributed by atoms with Gasteiger partial charge in [0, 0.05) is 23.7 Å². The van der Waals surface area contributed by atoms with E-state index in [2.05, 4.69) is 9.71 Å². The Labute approximate surface area is 162 Å². The first kappa shape index (κ1) is 20.0. The number of rotatable bonds is 7. The highest BCUT2D eigenvalue weighted by molar-refractivity contribution is 7.70. The summed E-state index contributed by atoms with van der Waals surface area (Å²) in [6.45, 7) is 0.178. The smallest absolute Gasteiger partial charge is 0.201 e. The minimum atomic E-state index is -2.70. The van der Waals surface area contributed by atoms with E-state index in [4.69, 9.17) is 10.5 Å². The molecule has 0 fully saturated rings. The molecule has 0 saturated heterocycles. The number of thiol groups is 1. The number of hydrogen-bond donors (Lipinski definition) is 3. The van der Waals surface area contributed by atoms with E-state index in [-0.39, 0.29) is 29.7 Å². The number of anilines is 1. The Bertz CT molecular complexity index is 1100. The summed E-state index contributed by atoms with van der Waals surface area (Å²) in [7, 11) is -1.28. The van der Waals surface area contributed by atoms with Crippen molar-refractivity contribution >= 4 is 27.5 Å². The van der Waals surface area contributed by atoms with Crippen molar-refractivity contribution in [2.24, 2.45) is 0 Å². The molecule has 28 heavy (non-hydrogen) atoms. The minimum Gasteiger partial charge on any atom is -0.496 e. The highest BCUT2D eigenvalue weighted by Crippen LogP contribution is 2.38. The Morgan fingerprint density at radius 1 is 1.18 bits per heavy atom. The zero-order valence-electron chi connectivity index (χ0n) is 15.0. The third-order valence-electron chi connectivity index (χ3n) is 4.37. The van der Waals surface area contributed by atoms with Crippen LogP contribution in [-0.4, -0.2) is 27.1 Å². The third kappa shape index (κ3) is 4.20. The molecule has 0 aliphatic rings. The van der Waals surface area contributed by atoms with Crippen molar-refractivity contribution < 1.29 is 21.9 Å². The number of benzene rings is 2. The van der Waals surface area contributed by atoms with Gasteiger partial charge in [-0.15, -0.1) is 0 Å². The van der Waals surface area contributed by atoms with Crippen LogP contribution in [0.15, 0.2) is 36.5 Å². The Morgan fingerprint density at radius 3 is 2.68 bits per heavy atom. The van der Waals surface area contributed by atoms with Gasteiger partial charge in [-0.3, -0.25) is 0 Å². The van der Waals surface area contributed by atoms with Crippen molar-refractivity contribution in [1.82, 2.24) is 9.71 Å². The molecule has 0 aliphatic carbocycles. The molecule has 0 amide bonds. The van der Waals surface area contributed by atoms with Gasteiger partial charge in [-0.1, -0.05) is 6.07 Å². The molecule has 3 aromatic rings. The predicted molar refractivity (Wildman–Crippen MR) is 105 cm³/mol. The normalized spacial score (nSPS) is 11.3. The van der Waals surface area contributed by atoms with Crippen molar-refractivity contribution in [3.63, 3.8) is 0 Å². The van der Waals surface area contributed by atoms with Gasteiger partial charge in [0.1, 0.15) is 23.2 Å². The number of nitrogen functional groups attached to an aromatic ring is 1. The molecule has 0 bridgehead atoms. The largest absolute Gasteiger partial charge is 0.496 e. The van der Waals surface area contributed by atoms with Gasteiger partial charge in [0.05, 0.1) is 12.7 Å². The third-order valence-corrected chi connectivity index (χ3v) is 4.85. The number of nitrogens with one attached hydrogen (secondary N) is 1. The van der Waals surface area contributed by atoms with E-state index in [9.17, 15) is 12.8 Å². The summed E-state index contributed by atoms with van der Waals surface area (Å²) in [6.07, 6.45) is 2.16. The van der Waals surface area contributed by atoms with Crippen LogP contribution < -0.4 is 15.2 Å². The van der Waals surface area contributed by atoms with Crippen LogP contribution in [0.4, 0.5) is 14.6 Å². The molecular formula is C19H19F2N3O3S. The summed E-state index contributed by atoms with van der Waals surface area (Å²) in [6, 6.07) is 7.47. The fourth-order valence-electron chi connectivity index (χ4n) is 3.04. The number of nitrogens with two attached hydrogens (primary N) is 1. The van der Waals surface area contributed by atoms with Crippen LogP contribution in [0.3, 0.4) is 0 Å². The van der Waals surface area contributed by atoms with Crippen molar-refractivity contribution in [2.45, 2.75) is 12.8 Å². The Morgan fingerprint density at radius 2 is 1.96 bits per heavy atom. The number of methoxy groups -OCH3 is 1. The van der Waals surface area contributed by atoms with Crippen LogP contribution in [0.2, 0.25) is 0 Å². The highest BCUT2D eigenvalue weighted by atomic mass is 32.2. The molecule has 148 valence electrons. The standard InChI is InChI=1S/C19H19F2N3O3S/c1-27-16-8-12-9-17(22)23-10-13(12)7-14(16)18-15(20)5-4-11(19(18)21)3-2-6-24-28(25)26/h4-5,7-10,28H,2-3,6H2,1H3,(H2,22,23)(H,24,25,26).